The average molecular weight is 499 g/mol. The smallest absolute Gasteiger partial charge is 0.421 e. The van der Waals surface area contributed by atoms with Crippen LogP contribution in [0, 0.1) is 5.92 Å². The van der Waals surface area contributed by atoms with E-state index in [9.17, 15) is 26.4 Å². The van der Waals surface area contributed by atoms with Crippen LogP contribution < -0.4 is 9.44 Å². The molecule has 0 aromatic heterocycles. The van der Waals surface area contributed by atoms with E-state index in [-0.39, 0.29) is 5.92 Å². The molecule has 2 aliphatic rings. The van der Waals surface area contributed by atoms with Crippen LogP contribution in [0.4, 0.5) is 9.59 Å². The van der Waals surface area contributed by atoms with Crippen molar-refractivity contribution in [1.29, 1.82) is 0 Å². The van der Waals surface area contributed by atoms with E-state index in [1.165, 1.54) is 0 Å². The molecule has 0 heterocycles. The van der Waals surface area contributed by atoms with E-state index >= 15 is 0 Å². The van der Waals surface area contributed by atoms with E-state index in [0.29, 0.717) is 32.1 Å². The molecule has 0 saturated heterocycles. The fourth-order valence-electron chi connectivity index (χ4n) is 2.86. The number of amides is 2. The Morgan fingerprint density at radius 3 is 1.59 bits per heavy atom. The third-order valence-electron chi connectivity index (χ3n) is 4.36. The lowest BCUT2D eigenvalue weighted by molar-refractivity contribution is 0.0557. The molecule has 0 bridgehead atoms. The summed E-state index contributed by atoms with van der Waals surface area (Å²) in [4.78, 5) is 22.6. The molecule has 2 saturated carbocycles. The largest absolute Gasteiger partial charge is 0.443 e. The van der Waals surface area contributed by atoms with Crippen LogP contribution in [0.2, 0.25) is 0 Å². The molecule has 0 unspecified atom stereocenters. The maximum absolute atomic E-state index is 12.1. The Labute approximate surface area is 192 Å². The van der Waals surface area contributed by atoms with Crippen LogP contribution in [0.1, 0.15) is 87.5 Å². The fourth-order valence-corrected chi connectivity index (χ4v) is 5.73. The summed E-state index contributed by atoms with van der Waals surface area (Å²) in [6, 6.07) is 0. The zero-order chi connectivity index (χ0) is 25.2. The first kappa shape index (κ1) is 28.5. The number of carbonyl (C=O) groups excluding carboxylic acids is 2. The molecule has 12 heteroatoms. The van der Waals surface area contributed by atoms with Crippen LogP contribution in [-0.4, -0.2) is 50.2 Å². The summed E-state index contributed by atoms with van der Waals surface area (Å²) in [7, 11) is -7.12. The molecule has 32 heavy (non-hydrogen) atoms. The van der Waals surface area contributed by atoms with Gasteiger partial charge in [0.25, 0.3) is 0 Å². The number of sulfonamides is 2. The van der Waals surface area contributed by atoms with E-state index in [0.717, 1.165) is 0 Å². The molecule has 188 valence electrons. The number of hydrogen-bond acceptors (Lipinski definition) is 8. The summed E-state index contributed by atoms with van der Waals surface area (Å²) in [5, 5.41) is -0.407. The van der Waals surface area contributed by atoms with Crippen LogP contribution in [-0.2, 0) is 29.5 Å². The van der Waals surface area contributed by atoms with Crippen molar-refractivity contribution in [1.82, 2.24) is 9.44 Å². The van der Waals surface area contributed by atoms with Gasteiger partial charge in [-0.05, 0) is 79.6 Å². The second kappa shape index (κ2) is 9.74. The Bertz CT molecular complexity index is 889. The minimum Gasteiger partial charge on any atom is -0.443 e. The molecule has 2 N–H and O–H groups in total. The summed E-state index contributed by atoms with van der Waals surface area (Å²) in [5.74, 6) is 0.280. The Balaban J connectivity index is 0.000000330. The van der Waals surface area contributed by atoms with Gasteiger partial charge in [-0.3, -0.25) is 0 Å². The predicted molar refractivity (Wildman–Crippen MR) is 121 cm³/mol. The summed E-state index contributed by atoms with van der Waals surface area (Å²) in [5.41, 5.74) is -1.38. The van der Waals surface area contributed by atoms with Gasteiger partial charge in [-0.1, -0.05) is 13.8 Å². The monoisotopic (exact) mass is 498 g/mol. The van der Waals surface area contributed by atoms with Crippen LogP contribution in [0.5, 0.6) is 0 Å². The first-order valence-corrected chi connectivity index (χ1v) is 13.7. The van der Waals surface area contributed by atoms with Crippen molar-refractivity contribution in [3.8, 4) is 0 Å². The molecular weight excluding hydrogens is 460 g/mol. The third-order valence-corrected chi connectivity index (χ3v) is 8.31. The SMILES string of the molecule is CC(C)(C)OC(=O)NS(=O)(=O)C1CC1.CC(C)CC1(S(=O)(=O)NC(=O)OC(C)(C)C)CC1. The van der Waals surface area contributed by atoms with Crippen molar-refractivity contribution in [2.24, 2.45) is 5.92 Å². The van der Waals surface area contributed by atoms with Gasteiger partial charge in [0.1, 0.15) is 11.2 Å². The average Bonchev–Trinajstić information content (AvgIpc) is 3.36. The third kappa shape index (κ3) is 9.93. The van der Waals surface area contributed by atoms with Crippen molar-refractivity contribution in [3.63, 3.8) is 0 Å². The van der Waals surface area contributed by atoms with Gasteiger partial charge in [-0.25, -0.2) is 35.9 Å². The van der Waals surface area contributed by atoms with E-state index in [1.54, 1.807) is 41.5 Å². The topological polar surface area (TPSA) is 145 Å². The molecular formula is C20H38N2O8S2. The quantitative estimate of drug-likeness (QED) is 0.566. The van der Waals surface area contributed by atoms with Crippen molar-refractivity contribution in [2.75, 3.05) is 0 Å². The van der Waals surface area contributed by atoms with Gasteiger partial charge in [0, 0.05) is 0 Å². The van der Waals surface area contributed by atoms with Crippen LogP contribution >= 0.6 is 0 Å². The molecule has 2 amide bonds. The Hall–Kier alpha value is -1.56. The maximum Gasteiger partial charge on any atom is 0.421 e. The van der Waals surface area contributed by atoms with Gasteiger partial charge < -0.3 is 9.47 Å². The van der Waals surface area contributed by atoms with Gasteiger partial charge in [-0.15, -0.1) is 0 Å². The standard InChI is InChI=1S/C12H23NO4S.C8H15NO4S/c1-9(2)8-12(6-7-12)18(15,16)13-10(14)17-11(3,4)5;1-8(2,3)13-7(10)9-14(11,12)6-4-5-6/h9H,6-8H2,1-5H3,(H,13,14);6H,4-5H2,1-3H3,(H,9,10). The maximum atomic E-state index is 12.1. The lowest BCUT2D eigenvalue weighted by Crippen LogP contribution is -2.43. The van der Waals surface area contributed by atoms with Crippen molar-refractivity contribution in [2.45, 2.75) is 109 Å². The lowest BCUT2D eigenvalue weighted by atomic mass is 10.1. The second-order valence-corrected chi connectivity index (χ2v) is 14.8. The molecule has 2 rings (SSSR count). The summed E-state index contributed by atoms with van der Waals surface area (Å²) in [6.07, 6.45) is 1.26. The Morgan fingerprint density at radius 1 is 0.875 bits per heavy atom. The number of carbonyl (C=O) groups is 2. The first-order chi connectivity index (χ1) is 14.2. The molecule has 0 aromatic carbocycles. The first-order valence-electron chi connectivity index (χ1n) is 10.7. The normalized spacial score (nSPS) is 18.2. The van der Waals surface area contributed by atoms with Crippen LogP contribution in [0.25, 0.3) is 0 Å². The number of nitrogens with one attached hydrogen (secondary N) is 2. The Morgan fingerprint density at radius 2 is 1.28 bits per heavy atom. The number of ether oxygens (including phenoxy) is 2. The van der Waals surface area contributed by atoms with E-state index in [1.807, 2.05) is 23.3 Å². The fraction of sp³-hybridized carbons (Fsp3) is 0.900. The van der Waals surface area contributed by atoms with Gasteiger partial charge in [-0.2, -0.15) is 0 Å². The van der Waals surface area contributed by atoms with Crippen molar-refractivity contribution >= 4 is 32.2 Å². The highest BCUT2D eigenvalue weighted by molar-refractivity contribution is 7.91. The zero-order valence-corrected chi connectivity index (χ0v) is 21.9. The van der Waals surface area contributed by atoms with Gasteiger partial charge >= 0.3 is 12.2 Å². The minimum absolute atomic E-state index is 0.280. The molecule has 0 atom stereocenters. The number of rotatable bonds is 6. The Kier molecular flexibility index (Phi) is 8.67. The summed E-state index contributed by atoms with van der Waals surface area (Å²) >= 11 is 0. The minimum atomic E-state index is -3.64. The molecule has 0 radical (unpaired) electrons. The predicted octanol–water partition coefficient (Wildman–Crippen LogP) is 3.42. The molecule has 10 nitrogen and oxygen atoms in total. The zero-order valence-electron chi connectivity index (χ0n) is 20.3. The van der Waals surface area contributed by atoms with Gasteiger partial charge in [0.2, 0.25) is 20.0 Å². The van der Waals surface area contributed by atoms with Crippen LogP contribution in [0.15, 0.2) is 0 Å². The van der Waals surface area contributed by atoms with Gasteiger partial charge in [0.15, 0.2) is 0 Å². The number of hydrogen-bond donors (Lipinski definition) is 2. The summed E-state index contributed by atoms with van der Waals surface area (Å²) in [6.45, 7) is 14.1. The van der Waals surface area contributed by atoms with Crippen molar-refractivity contribution in [3.05, 3.63) is 0 Å². The lowest BCUT2D eigenvalue weighted by Gasteiger charge is -2.22. The van der Waals surface area contributed by atoms with E-state index < -0.39 is 53.4 Å². The van der Waals surface area contributed by atoms with Gasteiger partial charge in [0.05, 0.1) is 10.00 Å². The molecule has 0 aliphatic heterocycles. The molecule has 0 spiro atoms. The molecule has 2 fully saturated rings. The summed E-state index contributed by atoms with van der Waals surface area (Å²) < 4.78 is 59.8. The van der Waals surface area contributed by atoms with E-state index in [4.69, 9.17) is 9.47 Å². The molecule has 0 aromatic rings. The van der Waals surface area contributed by atoms with Crippen LogP contribution in [0.3, 0.4) is 0 Å². The highest BCUT2D eigenvalue weighted by Gasteiger charge is 2.55. The highest BCUT2D eigenvalue weighted by Crippen LogP contribution is 2.47. The van der Waals surface area contributed by atoms with E-state index in [2.05, 4.69) is 0 Å². The van der Waals surface area contributed by atoms with Crippen molar-refractivity contribution < 1.29 is 35.9 Å². The second-order valence-electron chi connectivity index (χ2n) is 10.7. The highest BCUT2D eigenvalue weighted by atomic mass is 32.2. The molecule has 2 aliphatic carbocycles.